The molecule has 70 heavy (non-hydrogen) atoms. The zero-order chi connectivity index (χ0) is 46.2. The fraction of sp³-hybridized carbons (Fsp3) is 0.130. The third-order valence-electron chi connectivity index (χ3n) is 17.0. The maximum absolute atomic E-state index is 2.62. The molecule has 15 rings (SSSR count). The van der Waals surface area contributed by atoms with Gasteiger partial charge in [-0.25, -0.2) is 0 Å². The Labute approximate surface area is 409 Å². The number of allylic oxidation sites excluding steroid dienone is 8. The summed E-state index contributed by atoms with van der Waals surface area (Å²) in [7, 11) is 0. The molecule has 332 valence electrons. The van der Waals surface area contributed by atoms with Crippen LogP contribution in [0.2, 0.25) is 0 Å². The van der Waals surface area contributed by atoms with Crippen molar-refractivity contribution in [1.29, 1.82) is 0 Å². The van der Waals surface area contributed by atoms with Gasteiger partial charge in [0.05, 0.1) is 11.2 Å². The van der Waals surface area contributed by atoms with Crippen LogP contribution in [0.4, 0.5) is 0 Å². The SMILES string of the molecule is CC1(C)c2ccccc2-n2c3c(c4cc(-c5c6ccccc6c(-c6ccc7c(c6)CCC=C7)c6ccccc56)cc1c42)CC(C1=C2C=CC=CC2C(c2ccc4ccccc4c2)c2ccccc21)C=C3. The van der Waals surface area contributed by atoms with Gasteiger partial charge in [-0.1, -0.05) is 208 Å². The molecule has 10 aromatic rings. The smallest absolute Gasteiger partial charge is 0.0579 e. The van der Waals surface area contributed by atoms with Gasteiger partial charge in [0.25, 0.3) is 0 Å². The molecule has 0 spiro atoms. The number of fused-ring (bicyclic) bond motifs is 11. The molecule has 3 unspecified atom stereocenters. The van der Waals surface area contributed by atoms with Crippen molar-refractivity contribution in [2.24, 2.45) is 11.8 Å². The van der Waals surface area contributed by atoms with Crippen LogP contribution in [0.5, 0.6) is 0 Å². The van der Waals surface area contributed by atoms with Gasteiger partial charge in [0.15, 0.2) is 0 Å². The first kappa shape index (κ1) is 39.9. The molecule has 2 heterocycles. The van der Waals surface area contributed by atoms with E-state index in [-0.39, 0.29) is 23.2 Å². The summed E-state index contributed by atoms with van der Waals surface area (Å²) in [6.07, 6.45) is 22.2. The maximum Gasteiger partial charge on any atom is 0.0579 e. The van der Waals surface area contributed by atoms with Crippen LogP contribution < -0.4 is 0 Å². The highest BCUT2D eigenvalue weighted by Gasteiger charge is 2.41. The van der Waals surface area contributed by atoms with Gasteiger partial charge in [-0.15, -0.1) is 0 Å². The molecule has 3 atom stereocenters. The van der Waals surface area contributed by atoms with E-state index < -0.39 is 0 Å². The molecule has 0 radical (unpaired) electrons. The van der Waals surface area contributed by atoms with Gasteiger partial charge >= 0.3 is 0 Å². The molecule has 4 aliphatic carbocycles. The fourth-order valence-corrected chi connectivity index (χ4v) is 13.8. The van der Waals surface area contributed by atoms with E-state index in [1.807, 2.05) is 0 Å². The Hall–Kier alpha value is -8.00. The number of hydrogen-bond acceptors (Lipinski definition) is 0. The summed E-state index contributed by atoms with van der Waals surface area (Å²) < 4.78 is 2.62. The molecular formula is C69H51N. The van der Waals surface area contributed by atoms with Crippen molar-refractivity contribution in [3.63, 3.8) is 0 Å². The van der Waals surface area contributed by atoms with Crippen molar-refractivity contribution in [3.05, 3.63) is 262 Å². The topological polar surface area (TPSA) is 4.93 Å². The second-order valence-electron chi connectivity index (χ2n) is 20.9. The Balaban J connectivity index is 0.952. The van der Waals surface area contributed by atoms with Gasteiger partial charge in [-0.2, -0.15) is 0 Å². The zero-order valence-corrected chi connectivity index (χ0v) is 39.6. The highest BCUT2D eigenvalue weighted by Crippen LogP contribution is 2.55. The van der Waals surface area contributed by atoms with Crippen LogP contribution in [-0.4, -0.2) is 4.57 Å². The highest BCUT2D eigenvalue weighted by atomic mass is 15.0. The first-order valence-electron chi connectivity index (χ1n) is 25.4. The molecule has 1 aromatic heterocycles. The minimum atomic E-state index is -0.231. The molecule has 9 aromatic carbocycles. The molecule has 0 saturated heterocycles. The van der Waals surface area contributed by atoms with E-state index in [0.29, 0.717) is 0 Å². The molecule has 0 bridgehead atoms. The van der Waals surface area contributed by atoms with Gasteiger partial charge in [0.1, 0.15) is 0 Å². The van der Waals surface area contributed by atoms with E-state index >= 15 is 0 Å². The van der Waals surface area contributed by atoms with Gasteiger partial charge in [-0.3, -0.25) is 0 Å². The second kappa shape index (κ2) is 15.0. The first-order chi connectivity index (χ1) is 34.5. The Kier molecular flexibility index (Phi) is 8.56. The maximum atomic E-state index is 2.62. The largest absolute Gasteiger partial charge is 0.309 e. The van der Waals surface area contributed by atoms with Gasteiger partial charge in [0.2, 0.25) is 0 Å². The van der Waals surface area contributed by atoms with Crippen LogP contribution in [-0.2, 0) is 18.3 Å². The standard InChI is InChI=1S/C69H51N/c1-69(2)60-29-15-16-30-63(60)70-62-36-35-48(66-52-23-9-7-21-50(52)64(51-22-8-10-24-53(51)66)46-33-31-42-17-3-5-19-44(42)37-46)39-58(62)59-40-49(41-61(69)68(59)70)67-56-27-13-11-25-54(56)65(55-26-12-14-28-57(55)67)47-34-32-43-18-4-6-20-45(43)38-47/h3-5,7-19,21-38,40-41,48,50,64H,6,20,39H2,1-2H3. The molecule has 5 aliphatic rings. The number of aromatic nitrogens is 1. The van der Waals surface area contributed by atoms with E-state index in [9.17, 15) is 0 Å². The monoisotopic (exact) mass is 893 g/mol. The summed E-state index contributed by atoms with van der Waals surface area (Å²) in [6.45, 7) is 4.90. The van der Waals surface area contributed by atoms with Crippen LogP contribution >= 0.6 is 0 Å². The van der Waals surface area contributed by atoms with Crippen LogP contribution in [0, 0.1) is 11.8 Å². The number of para-hydroxylation sites is 1. The summed E-state index contributed by atoms with van der Waals surface area (Å²) >= 11 is 0. The molecule has 1 nitrogen and oxygen atoms in total. The quantitative estimate of drug-likeness (QED) is 0.155. The van der Waals surface area contributed by atoms with Gasteiger partial charge < -0.3 is 4.57 Å². The molecule has 0 saturated carbocycles. The van der Waals surface area contributed by atoms with E-state index in [0.717, 1.165) is 19.3 Å². The summed E-state index contributed by atoms with van der Waals surface area (Å²) in [5.74, 6) is 0.662. The number of hydrogen-bond donors (Lipinski definition) is 0. The highest BCUT2D eigenvalue weighted by molar-refractivity contribution is 6.22. The summed E-state index contributed by atoms with van der Waals surface area (Å²) in [5.41, 5.74) is 23.1. The predicted octanol–water partition coefficient (Wildman–Crippen LogP) is 17.5. The fourth-order valence-electron chi connectivity index (χ4n) is 13.8. The molecule has 1 aliphatic heterocycles. The third kappa shape index (κ3) is 5.67. The number of aryl methyl sites for hydroxylation is 1. The predicted molar refractivity (Wildman–Crippen MR) is 296 cm³/mol. The Morgan fingerprint density at radius 3 is 2.11 bits per heavy atom. The molecule has 0 N–H and O–H groups in total. The molecule has 0 amide bonds. The van der Waals surface area contributed by atoms with Crippen LogP contribution in [0.25, 0.3) is 88.9 Å². The Morgan fingerprint density at radius 2 is 1.29 bits per heavy atom. The zero-order valence-electron chi connectivity index (χ0n) is 39.6. The first-order valence-corrected chi connectivity index (χ1v) is 25.4. The van der Waals surface area contributed by atoms with Crippen molar-refractivity contribution in [3.8, 4) is 27.9 Å². The lowest BCUT2D eigenvalue weighted by molar-refractivity contribution is 0.627. The number of benzene rings is 9. The van der Waals surface area contributed by atoms with Crippen molar-refractivity contribution in [2.45, 2.75) is 44.4 Å². The van der Waals surface area contributed by atoms with Gasteiger partial charge in [0, 0.05) is 34.2 Å². The minimum Gasteiger partial charge on any atom is -0.309 e. The number of nitrogens with zero attached hydrogens (tertiary/aromatic N) is 1. The average Bonchev–Trinajstić information content (AvgIpc) is 3.74. The van der Waals surface area contributed by atoms with Crippen LogP contribution in [0.1, 0.15) is 76.4 Å². The molecular weight excluding hydrogens is 843 g/mol. The Bertz CT molecular complexity index is 4020. The van der Waals surface area contributed by atoms with Crippen molar-refractivity contribution in [2.75, 3.05) is 0 Å². The minimum absolute atomic E-state index is 0.197. The lowest BCUT2D eigenvalue weighted by Gasteiger charge is -2.39. The van der Waals surface area contributed by atoms with E-state index in [4.69, 9.17) is 0 Å². The number of rotatable bonds is 4. The van der Waals surface area contributed by atoms with E-state index in [1.165, 1.54) is 133 Å². The average molecular weight is 894 g/mol. The van der Waals surface area contributed by atoms with E-state index in [1.54, 1.807) is 0 Å². The summed E-state index contributed by atoms with van der Waals surface area (Å²) in [5, 5.41) is 9.17. The summed E-state index contributed by atoms with van der Waals surface area (Å²) in [4.78, 5) is 0. The van der Waals surface area contributed by atoms with Crippen molar-refractivity contribution >= 4 is 60.9 Å². The van der Waals surface area contributed by atoms with Gasteiger partial charge in [-0.05, 0) is 154 Å². The lowest BCUT2D eigenvalue weighted by Crippen LogP contribution is -2.27. The molecule has 1 heteroatoms. The van der Waals surface area contributed by atoms with Crippen molar-refractivity contribution < 1.29 is 0 Å². The van der Waals surface area contributed by atoms with E-state index in [2.05, 4.69) is 237 Å². The normalized spacial score (nSPS) is 19.1. The summed E-state index contributed by atoms with van der Waals surface area (Å²) in [6, 6.07) is 65.1. The second-order valence-corrected chi connectivity index (χ2v) is 20.9. The van der Waals surface area contributed by atoms with Crippen molar-refractivity contribution in [1.82, 2.24) is 4.57 Å². The molecule has 0 fully saturated rings. The third-order valence-corrected chi connectivity index (χ3v) is 17.0. The lowest BCUT2D eigenvalue weighted by atomic mass is 9.64. The van der Waals surface area contributed by atoms with Crippen LogP contribution in [0.3, 0.4) is 0 Å². The van der Waals surface area contributed by atoms with Crippen LogP contribution in [0.15, 0.2) is 212 Å². The Morgan fingerprint density at radius 1 is 0.557 bits per heavy atom.